The van der Waals surface area contributed by atoms with Crippen LogP contribution in [0.25, 0.3) is 0 Å². The highest BCUT2D eigenvalue weighted by Crippen LogP contribution is 2.23. The number of nitrogens with one attached hydrogen (secondary N) is 1. The van der Waals surface area contributed by atoms with Crippen LogP contribution in [0.15, 0.2) is 28.7 Å². The van der Waals surface area contributed by atoms with E-state index in [4.69, 9.17) is 5.73 Å². The van der Waals surface area contributed by atoms with Crippen molar-refractivity contribution in [3.63, 3.8) is 0 Å². The number of halogens is 1. The summed E-state index contributed by atoms with van der Waals surface area (Å²) in [6, 6.07) is 7.90. The molecule has 1 aromatic rings. The number of hydrogen-bond donors (Lipinski definition) is 2. The Hall–Kier alpha value is -0.870. The quantitative estimate of drug-likeness (QED) is 0.843. The molecule has 4 heteroatoms. The Morgan fingerprint density at radius 3 is 2.47 bits per heavy atom. The summed E-state index contributed by atoms with van der Waals surface area (Å²) >= 11 is 3.51. The van der Waals surface area contributed by atoms with Crippen LogP contribution in [0.4, 0.5) is 0 Å². The molecule has 0 heterocycles. The number of amides is 1. The average Bonchev–Trinajstić information content (AvgIpc) is 2.35. The lowest BCUT2D eigenvalue weighted by molar-refractivity contribution is -0.125. The van der Waals surface area contributed by atoms with E-state index in [-0.39, 0.29) is 17.9 Å². The van der Waals surface area contributed by atoms with Gasteiger partial charge in [0.25, 0.3) is 0 Å². The summed E-state index contributed by atoms with van der Waals surface area (Å²) in [6.07, 6.45) is 0.824. The largest absolute Gasteiger partial charge is 0.349 e. The van der Waals surface area contributed by atoms with Gasteiger partial charge >= 0.3 is 0 Å². The van der Waals surface area contributed by atoms with Crippen molar-refractivity contribution in [1.29, 1.82) is 0 Å². The normalized spacial score (nSPS) is 14.2. The molecule has 0 aliphatic rings. The highest BCUT2D eigenvalue weighted by atomic mass is 79.9. The molecule has 0 saturated carbocycles. The summed E-state index contributed by atoms with van der Waals surface area (Å²) in [7, 11) is 0. The molecule has 0 bridgehead atoms. The summed E-state index contributed by atoms with van der Waals surface area (Å²) in [5, 5.41) is 3.04. The Kier molecular flexibility index (Phi) is 6.52. The molecule has 3 N–H and O–H groups in total. The molecular formula is C15H23BrN2O. The topological polar surface area (TPSA) is 55.1 Å². The van der Waals surface area contributed by atoms with Crippen LogP contribution in [-0.2, 0) is 4.79 Å². The Balaban J connectivity index is 2.68. The summed E-state index contributed by atoms with van der Waals surface area (Å²) in [6.45, 7) is 6.59. The van der Waals surface area contributed by atoms with Crippen molar-refractivity contribution in [2.45, 2.75) is 33.2 Å². The lowest BCUT2D eigenvalue weighted by Gasteiger charge is -2.21. The number of nitrogens with two attached hydrogens (primary N) is 1. The second kappa shape index (κ2) is 7.65. The zero-order chi connectivity index (χ0) is 14.4. The molecule has 0 aliphatic carbocycles. The van der Waals surface area contributed by atoms with Gasteiger partial charge in [-0.1, -0.05) is 48.0 Å². The SMILES string of the molecule is CC(C)CC(CN)C(=O)N[C@@H](C)c1ccccc1Br. The molecule has 3 nitrogen and oxygen atoms in total. The Bertz CT molecular complexity index is 420. The lowest BCUT2D eigenvalue weighted by Crippen LogP contribution is -2.37. The van der Waals surface area contributed by atoms with Gasteiger partial charge in [0, 0.05) is 11.0 Å². The molecule has 1 rings (SSSR count). The number of hydrogen-bond acceptors (Lipinski definition) is 2. The predicted octanol–water partition coefficient (Wildman–Crippen LogP) is 3.25. The van der Waals surface area contributed by atoms with Crippen molar-refractivity contribution in [2.24, 2.45) is 17.6 Å². The molecule has 0 aliphatic heterocycles. The molecule has 0 saturated heterocycles. The molecule has 1 amide bonds. The maximum atomic E-state index is 12.2. The summed E-state index contributed by atoms with van der Waals surface area (Å²) in [4.78, 5) is 12.2. The number of benzene rings is 1. The molecule has 1 unspecified atom stereocenters. The van der Waals surface area contributed by atoms with Crippen LogP contribution in [-0.4, -0.2) is 12.5 Å². The summed E-state index contributed by atoms with van der Waals surface area (Å²) in [5.41, 5.74) is 6.78. The minimum Gasteiger partial charge on any atom is -0.349 e. The summed E-state index contributed by atoms with van der Waals surface area (Å²) in [5.74, 6) is 0.405. The highest BCUT2D eigenvalue weighted by Gasteiger charge is 2.20. The van der Waals surface area contributed by atoms with Crippen LogP contribution in [0.1, 0.15) is 38.8 Å². The summed E-state index contributed by atoms with van der Waals surface area (Å²) < 4.78 is 1.01. The standard InChI is InChI=1S/C15H23BrN2O/c1-10(2)8-12(9-17)15(19)18-11(3)13-6-4-5-7-14(13)16/h4-7,10-12H,8-9,17H2,1-3H3,(H,18,19)/t11-,12?/m0/s1. The van der Waals surface area contributed by atoms with Crippen LogP contribution < -0.4 is 11.1 Å². The van der Waals surface area contributed by atoms with Gasteiger partial charge in [0.05, 0.1) is 12.0 Å². The molecule has 0 spiro atoms. The van der Waals surface area contributed by atoms with Crippen LogP contribution in [0.5, 0.6) is 0 Å². The zero-order valence-corrected chi connectivity index (χ0v) is 13.4. The molecule has 1 aromatic carbocycles. The molecule has 0 fully saturated rings. The first-order valence-electron chi connectivity index (χ1n) is 6.70. The van der Waals surface area contributed by atoms with Gasteiger partial charge in [0.2, 0.25) is 5.91 Å². The second-order valence-corrected chi connectivity index (χ2v) is 6.17. The Morgan fingerprint density at radius 1 is 1.32 bits per heavy atom. The van der Waals surface area contributed by atoms with E-state index in [0.717, 1.165) is 16.5 Å². The van der Waals surface area contributed by atoms with E-state index >= 15 is 0 Å². The van der Waals surface area contributed by atoms with Crippen molar-refractivity contribution in [2.75, 3.05) is 6.54 Å². The van der Waals surface area contributed by atoms with E-state index < -0.39 is 0 Å². The van der Waals surface area contributed by atoms with Gasteiger partial charge in [-0.15, -0.1) is 0 Å². The van der Waals surface area contributed by atoms with E-state index in [1.807, 2.05) is 31.2 Å². The van der Waals surface area contributed by atoms with Gasteiger partial charge in [-0.3, -0.25) is 4.79 Å². The van der Waals surface area contributed by atoms with E-state index in [1.165, 1.54) is 0 Å². The van der Waals surface area contributed by atoms with Crippen molar-refractivity contribution in [1.82, 2.24) is 5.32 Å². The third kappa shape index (κ3) is 4.96. The monoisotopic (exact) mass is 326 g/mol. The van der Waals surface area contributed by atoms with Gasteiger partial charge in [-0.2, -0.15) is 0 Å². The highest BCUT2D eigenvalue weighted by molar-refractivity contribution is 9.10. The molecule has 106 valence electrons. The van der Waals surface area contributed by atoms with Gasteiger partial charge < -0.3 is 11.1 Å². The molecule has 0 radical (unpaired) electrons. The molecular weight excluding hydrogens is 304 g/mol. The van der Waals surface area contributed by atoms with Crippen LogP contribution in [0.2, 0.25) is 0 Å². The zero-order valence-electron chi connectivity index (χ0n) is 11.8. The van der Waals surface area contributed by atoms with Crippen molar-refractivity contribution < 1.29 is 4.79 Å². The first kappa shape index (κ1) is 16.2. The third-order valence-corrected chi connectivity index (χ3v) is 3.86. The van der Waals surface area contributed by atoms with Gasteiger partial charge in [-0.05, 0) is 30.9 Å². The van der Waals surface area contributed by atoms with Gasteiger partial charge in [0.15, 0.2) is 0 Å². The maximum Gasteiger partial charge on any atom is 0.224 e. The lowest BCUT2D eigenvalue weighted by atomic mass is 9.96. The van der Waals surface area contributed by atoms with Crippen LogP contribution >= 0.6 is 15.9 Å². The van der Waals surface area contributed by atoms with Crippen LogP contribution in [0, 0.1) is 11.8 Å². The Morgan fingerprint density at radius 2 is 1.95 bits per heavy atom. The van der Waals surface area contributed by atoms with Crippen molar-refractivity contribution >= 4 is 21.8 Å². The van der Waals surface area contributed by atoms with Crippen molar-refractivity contribution in [3.8, 4) is 0 Å². The molecule has 0 aromatic heterocycles. The van der Waals surface area contributed by atoms with E-state index in [9.17, 15) is 4.79 Å². The van der Waals surface area contributed by atoms with Crippen molar-refractivity contribution in [3.05, 3.63) is 34.3 Å². The third-order valence-electron chi connectivity index (χ3n) is 3.14. The first-order chi connectivity index (χ1) is 8.95. The van der Waals surface area contributed by atoms with E-state index in [0.29, 0.717) is 12.5 Å². The predicted molar refractivity (Wildman–Crippen MR) is 82.7 cm³/mol. The smallest absolute Gasteiger partial charge is 0.224 e. The van der Waals surface area contributed by atoms with E-state index in [2.05, 4.69) is 35.1 Å². The van der Waals surface area contributed by atoms with Crippen LogP contribution in [0.3, 0.4) is 0 Å². The van der Waals surface area contributed by atoms with Gasteiger partial charge in [-0.25, -0.2) is 0 Å². The minimum absolute atomic E-state index is 0.0238. The Labute approximate surface area is 124 Å². The fourth-order valence-corrected chi connectivity index (χ4v) is 2.74. The number of rotatable bonds is 6. The average molecular weight is 327 g/mol. The second-order valence-electron chi connectivity index (χ2n) is 5.31. The maximum absolute atomic E-state index is 12.2. The fourth-order valence-electron chi connectivity index (χ4n) is 2.11. The fraction of sp³-hybridized carbons (Fsp3) is 0.533. The number of carbonyl (C=O) groups is 1. The molecule has 19 heavy (non-hydrogen) atoms. The molecule has 2 atom stereocenters. The number of carbonyl (C=O) groups excluding carboxylic acids is 1. The minimum atomic E-state index is -0.107. The van der Waals surface area contributed by atoms with E-state index in [1.54, 1.807) is 0 Å². The van der Waals surface area contributed by atoms with Gasteiger partial charge in [0.1, 0.15) is 0 Å². The first-order valence-corrected chi connectivity index (χ1v) is 7.49.